The molecule has 1 aliphatic rings. The Balaban J connectivity index is 2.28. The van der Waals surface area contributed by atoms with Crippen LogP contribution in [0.3, 0.4) is 0 Å². The van der Waals surface area contributed by atoms with Gasteiger partial charge in [-0.25, -0.2) is 0 Å². The zero-order chi connectivity index (χ0) is 14.0. The number of nitrogens with zero attached hydrogens (tertiary/aromatic N) is 1. The molecule has 0 bridgehead atoms. The van der Waals surface area contributed by atoms with Crippen molar-refractivity contribution < 1.29 is 14.3 Å². The smallest absolute Gasteiger partial charge is 0.256 e. The van der Waals surface area contributed by atoms with Crippen LogP contribution in [0.5, 0.6) is 5.75 Å². The van der Waals surface area contributed by atoms with Crippen LogP contribution in [0.2, 0.25) is 0 Å². The van der Waals surface area contributed by atoms with Crippen LogP contribution in [-0.4, -0.2) is 43.2 Å². The molecule has 5 heteroatoms. The van der Waals surface area contributed by atoms with Crippen molar-refractivity contribution in [2.75, 3.05) is 26.0 Å². The molecule has 0 aromatic heterocycles. The van der Waals surface area contributed by atoms with Crippen LogP contribution in [0.25, 0.3) is 0 Å². The van der Waals surface area contributed by atoms with E-state index in [1.165, 1.54) is 0 Å². The summed E-state index contributed by atoms with van der Waals surface area (Å²) >= 11 is 0. The van der Waals surface area contributed by atoms with Crippen molar-refractivity contribution in [3.63, 3.8) is 0 Å². The van der Waals surface area contributed by atoms with Crippen molar-refractivity contribution in [2.45, 2.75) is 26.0 Å². The second-order valence-corrected chi connectivity index (χ2v) is 4.87. The summed E-state index contributed by atoms with van der Waals surface area (Å²) in [6.07, 6.45) is 0.0481. The maximum Gasteiger partial charge on any atom is 0.256 e. The van der Waals surface area contributed by atoms with Gasteiger partial charge in [0.05, 0.1) is 37.1 Å². The fraction of sp³-hybridized carbons (Fsp3) is 0.500. The first-order valence-electron chi connectivity index (χ1n) is 6.39. The number of carbonyl (C=O) groups excluding carboxylic acids is 1. The van der Waals surface area contributed by atoms with E-state index < -0.39 is 0 Å². The van der Waals surface area contributed by atoms with Crippen molar-refractivity contribution >= 4 is 11.6 Å². The van der Waals surface area contributed by atoms with Crippen molar-refractivity contribution in [3.8, 4) is 5.75 Å². The summed E-state index contributed by atoms with van der Waals surface area (Å²) in [7, 11) is 1.54. The molecule has 1 fully saturated rings. The maximum absolute atomic E-state index is 12.6. The van der Waals surface area contributed by atoms with Crippen LogP contribution in [-0.2, 0) is 4.74 Å². The molecule has 19 heavy (non-hydrogen) atoms. The molecular formula is C14H20N2O3. The Hall–Kier alpha value is -1.75. The third kappa shape index (κ3) is 2.66. The molecule has 2 unspecified atom stereocenters. The number of amides is 1. The molecule has 1 aromatic rings. The van der Waals surface area contributed by atoms with Gasteiger partial charge in [-0.2, -0.15) is 0 Å². The summed E-state index contributed by atoms with van der Waals surface area (Å²) in [5, 5.41) is 0. The zero-order valence-corrected chi connectivity index (χ0v) is 11.6. The van der Waals surface area contributed by atoms with Crippen LogP contribution >= 0.6 is 0 Å². The molecule has 2 N–H and O–H groups in total. The number of anilines is 1. The normalized spacial score (nSPS) is 23.2. The highest BCUT2D eigenvalue weighted by atomic mass is 16.5. The average molecular weight is 264 g/mol. The summed E-state index contributed by atoms with van der Waals surface area (Å²) < 4.78 is 10.7. The van der Waals surface area contributed by atoms with Crippen molar-refractivity contribution in [2.24, 2.45) is 0 Å². The second-order valence-electron chi connectivity index (χ2n) is 4.87. The highest BCUT2D eigenvalue weighted by Gasteiger charge is 2.29. The molecule has 2 rings (SSSR count). The van der Waals surface area contributed by atoms with E-state index in [-0.39, 0.29) is 18.1 Å². The molecular weight excluding hydrogens is 244 g/mol. The van der Waals surface area contributed by atoms with Crippen LogP contribution in [0.4, 0.5) is 5.69 Å². The van der Waals surface area contributed by atoms with Crippen LogP contribution in [0.1, 0.15) is 24.2 Å². The third-order valence-corrected chi connectivity index (χ3v) is 3.39. The largest absolute Gasteiger partial charge is 0.495 e. The molecule has 1 heterocycles. The first-order chi connectivity index (χ1) is 9.04. The number of rotatable bonds is 2. The Morgan fingerprint density at radius 1 is 1.47 bits per heavy atom. The molecule has 1 aromatic carbocycles. The number of carbonyl (C=O) groups is 1. The van der Waals surface area contributed by atoms with Crippen LogP contribution in [0.15, 0.2) is 18.2 Å². The molecule has 0 spiro atoms. The standard InChI is InChI=1S/C14H20N2O3/c1-9-8-19-10(2)7-16(9)14(17)11-5-4-6-12(18-3)13(11)15/h4-6,9-10H,7-8,15H2,1-3H3. The Kier molecular flexibility index (Phi) is 3.95. The highest BCUT2D eigenvalue weighted by molar-refractivity contribution is 6.00. The topological polar surface area (TPSA) is 64.8 Å². The van der Waals surface area contributed by atoms with E-state index in [1.54, 1.807) is 30.2 Å². The first-order valence-corrected chi connectivity index (χ1v) is 6.39. The molecule has 1 saturated heterocycles. The lowest BCUT2D eigenvalue weighted by Gasteiger charge is -2.37. The molecule has 1 amide bonds. The molecule has 1 aliphatic heterocycles. The zero-order valence-electron chi connectivity index (χ0n) is 11.6. The number of nitrogen functional groups attached to an aromatic ring is 1. The predicted octanol–water partition coefficient (Wildman–Crippen LogP) is 1.53. The van der Waals surface area contributed by atoms with E-state index >= 15 is 0 Å². The van der Waals surface area contributed by atoms with Gasteiger partial charge < -0.3 is 20.1 Å². The quantitative estimate of drug-likeness (QED) is 0.823. The number of nitrogens with two attached hydrogens (primary N) is 1. The lowest BCUT2D eigenvalue weighted by atomic mass is 10.1. The average Bonchev–Trinajstić information content (AvgIpc) is 2.41. The number of hydrogen-bond acceptors (Lipinski definition) is 4. The van der Waals surface area contributed by atoms with E-state index in [0.717, 1.165) is 0 Å². The SMILES string of the molecule is COc1cccc(C(=O)N2CC(C)OCC2C)c1N. The lowest BCUT2D eigenvalue weighted by molar-refractivity contribution is -0.0386. The van der Waals surface area contributed by atoms with E-state index in [2.05, 4.69) is 0 Å². The predicted molar refractivity (Wildman–Crippen MR) is 73.3 cm³/mol. The van der Waals surface area contributed by atoms with Crippen molar-refractivity contribution in [1.82, 2.24) is 4.90 Å². The van der Waals surface area contributed by atoms with Crippen LogP contribution < -0.4 is 10.5 Å². The fourth-order valence-electron chi connectivity index (χ4n) is 2.25. The van der Waals surface area contributed by atoms with Gasteiger partial charge in [-0.15, -0.1) is 0 Å². The summed E-state index contributed by atoms with van der Waals surface area (Å²) in [5.41, 5.74) is 6.85. The number of morpholine rings is 1. The number of para-hydroxylation sites is 1. The number of methoxy groups -OCH3 is 1. The second kappa shape index (κ2) is 5.48. The summed E-state index contributed by atoms with van der Waals surface area (Å²) in [6, 6.07) is 5.30. The Bertz CT molecular complexity index is 476. The summed E-state index contributed by atoms with van der Waals surface area (Å²) in [6.45, 7) is 5.06. The Morgan fingerprint density at radius 3 is 2.89 bits per heavy atom. The van der Waals surface area contributed by atoms with E-state index in [0.29, 0.717) is 30.2 Å². The maximum atomic E-state index is 12.6. The van der Waals surface area contributed by atoms with Gasteiger partial charge >= 0.3 is 0 Å². The van der Waals surface area contributed by atoms with Gasteiger partial charge in [-0.05, 0) is 26.0 Å². The minimum absolute atomic E-state index is 0.0481. The minimum atomic E-state index is -0.0703. The first kappa shape index (κ1) is 13.7. The fourth-order valence-corrected chi connectivity index (χ4v) is 2.25. The van der Waals surface area contributed by atoms with Gasteiger partial charge in [0.15, 0.2) is 0 Å². The van der Waals surface area contributed by atoms with E-state index in [1.807, 2.05) is 13.8 Å². The van der Waals surface area contributed by atoms with Gasteiger partial charge in [0.1, 0.15) is 5.75 Å². The number of ether oxygens (including phenoxy) is 2. The van der Waals surface area contributed by atoms with Crippen molar-refractivity contribution in [3.05, 3.63) is 23.8 Å². The lowest BCUT2D eigenvalue weighted by Crippen LogP contribution is -2.50. The highest BCUT2D eigenvalue weighted by Crippen LogP contribution is 2.27. The molecule has 5 nitrogen and oxygen atoms in total. The van der Waals surface area contributed by atoms with Gasteiger partial charge in [-0.3, -0.25) is 4.79 Å². The Morgan fingerprint density at radius 2 is 2.21 bits per heavy atom. The number of benzene rings is 1. The van der Waals surface area contributed by atoms with Gasteiger partial charge in [0, 0.05) is 6.54 Å². The van der Waals surface area contributed by atoms with Gasteiger partial charge in [0.25, 0.3) is 5.91 Å². The monoisotopic (exact) mass is 264 g/mol. The van der Waals surface area contributed by atoms with E-state index in [4.69, 9.17) is 15.2 Å². The van der Waals surface area contributed by atoms with Gasteiger partial charge in [-0.1, -0.05) is 6.07 Å². The molecule has 0 saturated carbocycles. The number of hydrogen-bond donors (Lipinski definition) is 1. The summed E-state index contributed by atoms with van der Waals surface area (Å²) in [4.78, 5) is 14.4. The van der Waals surface area contributed by atoms with Crippen molar-refractivity contribution in [1.29, 1.82) is 0 Å². The van der Waals surface area contributed by atoms with Crippen LogP contribution in [0, 0.1) is 0 Å². The summed E-state index contributed by atoms with van der Waals surface area (Å²) in [5.74, 6) is 0.457. The minimum Gasteiger partial charge on any atom is -0.495 e. The van der Waals surface area contributed by atoms with E-state index in [9.17, 15) is 4.79 Å². The van der Waals surface area contributed by atoms with Gasteiger partial charge in [0.2, 0.25) is 0 Å². The Labute approximate surface area is 113 Å². The molecule has 2 atom stereocenters. The third-order valence-electron chi connectivity index (χ3n) is 3.39. The molecule has 0 radical (unpaired) electrons. The molecule has 104 valence electrons. The molecule has 0 aliphatic carbocycles.